The summed E-state index contributed by atoms with van der Waals surface area (Å²) in [6.45, 7) is 2.00. The Balaban J connectivity index is 1.63. The molecule has 1 atom stereocenters. The van der Waals surface area contributed by atoms with E-state index >= 15 is 0 Å². The van der Waals surface area contributed by atoms with Crippen LogP contribution in [-0.2, 0) is 21.2 Å². The number of sulfonamides is 1. The summed E-state index contributed by atoms with van der Waals surface area (Å²) >= 11 is 5.92. The summed E-state index contributed by atoms with van der Waals surface area (Å²) in [6, 6.07) is 11.6. The standard InChI is InChI=1S/C19H19ClN2O3S/c1-12-9-14-10-17(7-8-18(14)22(12)19(23)13-5-6-13)26(24,25)21-16-4-2-3-15(20)11-16/h2-4,7-8,10-13,21H,5-6,9H2,1H3. The first-order valence-electron chi connectivity index (χ1n) is 8.59. The van der Waals surface area contributed by atoms with Gasteiger partial charge in [-0.3, -0.25) is 9.52 Å². The highest BCUT2D eigenvalue weighted by Gasteiger charge is 2.39. The van der Waals surface area contributed by atoms with Gasteiger partial charge in [-0.25, -0.2) is 8.42 Å². The van der Waals surface area contributed by atoms with Gasteiger partial charge >= 0.3 is 0 Å². The van der Waals surface area contributed by atoms with Gasteiger partial charge in [-0.2, -0.15) is 0 Å². The normalized spacial score (nSPS) is 19.3. The van der Waals surface area contributed by atoms with Crippen molar-refractivity contribution in [2.75, 3.05) is 9.62 Å². The number of anilines is 2. The molecule has 1 N–H and O–H groups in total. The summed E-state index contributed by atoms with van der Waals surface area (Å²) in [7, 11) is -3.72. The summed E-state index contributed by atoms with van der Waals surface area (Å²) in [5, 5.41) is 0.460. The molecule has 7 heteroatoms. The van der Waals surface area contributed by atoms with Gasteiger partial charge < -0.3 is 4.90 Å². The van der Waals surface area contributed by atoms with Gasteiger partial charge in [0.15, 0.2) is 0 Å². The minimum atomic E-state index is -3.72. The number of fused-ring (bicyclic) bond motifs is 1. The summed E-state index contributed by atoms with van der Waals surface area (Å²) < 4.78 is 27.9. The number of hydrogen-bond donors (Lipinski definition) is 1. The number of benzene rings is 2. The first-order chi connectivity index (χ1) is 12.3. The lowest BCUT2D eigenvalue weighted by Gasteiger charge is -2.22. The third-order valence-corrected chi connectivity index (χ3v) is 6.43. The Morgan fingerprint density at radius 2 is 1.96 bits per heavy atom. The van der Waals surface area contributed by atoms with Gasteiger partial charge in [0.05, 0.1) is 10.6 Å². The van der Waals surface area contributed by atoms with E-state index in [9.17, 15) is 13.2 Å². The average Bonchev–Trinajstić information content (AvgIpc) is 3.36. The van der Waals surface area contributed by atoms with Crippen LogP contribution in [0, 0.1) is 5.92 Å². The van der Waals surface area contributed by atoms with Crippen LogP contribution >= 0.6 is 11.6 Å². The zero-order chi connectivity index (χ0) is 18.5. The molecule has 0 radical (unpaired) electrons. The number of nitrogens with zero attached hydrogens (tertiary/aromatic N) is 1. The van der Waals surface area contributed by atoms with Crippen molar-refractivity contribution in [1.29, 1.82) is 0 Å². The number of carbonyl (C=O) groups excluding carboxylic acids is 1. The molecule has 0 aromatic heterocycles. The highest BCUT2D eigenvalue weighted by Crippen LogP contribution is 2.39. The highest BCUT2D eigenvalue weighted by atomic mass is 35.5. The lowest BCUT2D eigenvalue weighted by Crippen LogP contribution is -2.36. The minimum absolute atomic E-state index is 0.0527. The van der Waals surface area contributed by atoms with Crippen LogP contribution in [0.2, 0.25) is 5.02 Å². The van der Waals surface area contributed by atoms with Crippen LogP contribution in [0.25, 0.3) is 0 Å². The van der Waals surface area contributed by atoms with E-state index < -0.39 is 10.0 Å². The van der Waals surface area contributed by atoms with Gasteiger partial charge in [0.25, 0.3) is 10.0 Å². The third kappa shape index (κ3) is 3.19. The maximum absolute atomic E-state index is 12.7. The van der Waals surface area contributed by atoms with E-state index in [2.05, 4.69) is 4.72 Å². The van der Waals surface area contributed by atoms with Crippen LogP contribution in [0.4, 0.5) is 11.4 Å². The molecule has 0 spiro atoms. The second-order valence-corrected chi connectivity index (χ2v) is 9.06. The molecular weight excluding hydrogens is 372 g/mol. The van der Waals surface area contributed by atoms with Gasteiger partial charge in [0.1, 0.15) is 0 Å². The fourth-order valence-corrected chi connectivity index (χ4v) is 4.69. The lowest BCUT2D eigenvalue weighted by molar-refractivity contribution is -0.120. The molecule has 2 aromatic rings. The highest BCUT2D eigenvalue weighted by molar-refractivity contribution is 7.92. The number of rotatable bonds is 4. The molecule has 26 heavy (non-hydrogen) atoms. The largest absolute Gasteiger partial charge is 0.309 e. The fraction of sp³-hybridized carbons (Fsp3) is 0.316. The Morgan fingerprint density at radius 3 is 2.65 bits per heavy atom. The van der Waals surface area contributed by atoms with Crippen molar-refractivity contribution in [1.82, 2.24) is 0 Å². The van der Waals surface area contributed by atoms with Crippen molar-refractivity contribution in [3.8, 4) is 0 Å². The zero-order valence-corrected chi connectivity index (χ0v) is 15.8. The second kappa shape index (κ2) is 6.28. The molecule has 0 saturated heterocycles. The van der Waals surface area contributed by atoms with E-state index in [-0.39, 0.29) is 22.8 Å². The third-order valence-electron chi connectivity index (χ3n) is 4.82. The summed E-state index contributed by atoms with van der Waals surface area (Å²) in [6.07, 6.45) is 2.56. The maximum atomic E-state index is 12.7. The SMILES string of the molecule is CC1Cc2cc(S(=O)(=O)Nc3cccc(Cl)c3)ccc2N1C(=O)C1CC1. The number of nitrogens with one attached hydrogen (secondary N) is 1. The molecule has 1 heterocycles. The minimum Gasteiger partial charge on any atom is -0.309 e. The molecular formula is C19H19ClN2O3S. The molecule has 1 aliphatic heterocycles. The van der Waals surface area contributed by atoms with E-state index in [1.165, 1.54) is 0 Å². The molecule has 2 aromatic carbocycles. The van der Waals surface area contributed by atoms with Gasteiger partial charge in [-0.05, 0) is 68.1 Å². The molecule has 1 fully saturated rings. The number of amides is 1. The van der Waals surface area contributed by atoms with E-state index in [1.54, 1.807) is 42.5 Å². The van der Waals surface area contributed by atoms with Gasteiger partial charge in [0, 0.05) is 22.7 Å². The molecule has 5 nitrogen and oxygen atoms in total. The second-order valence-electron chi connectivity index (χ2n) is 6.94. The Hall–Kier alpha value is -2.05. The molecule has 4 rings (SSSR count). The summed E-state index contributed by atoms with van der Waals surface area (Å²) in [5.41, 5.74) is 2.13. The van der Waals surface area contributed by atoms with Crippen LogP contribution in [-0.4, -0.2) is 20.4 Å². The Kier molecular flexibility index (Phi) is 4.20. The number of carbonyl (C=O) groups is 1. The molecule has 136 valence electrons. The van der Waals surface area contributed by atoms with E-state index in [1.807, 2.05) is 11.8 Å². The first-order valence-corrected chi connectivity index (χ1v) is 10.5. The fourth-order valence-electron chi connectivity index (χ4n) is 3.40. The predicted octanol–water partition coefficient (Wildman–Crippen LogP) is 3.83. The average molecular weight is 391 g/mol. The van der Waals surface area contributed by atoms with E-state index in [0.29, 0.717) is 17.1 Å². The van der Waals surface area contributed by atoms with Gasteiger partial charge in [0.2, 0.25) is 5.91 Å². The Labute approximate surface area is 158 Å². The molecule has 1 aliphatic carbocycles. The topological polar surface area (TPSA) is 66.5 Å². The van der Waals surface area contributed by atoms with Crippen molar-refractivity contribution in [3.63, 3.8) is 0 Å². The van der Waals surface area contributed by atoms with E-state index in [4.69, 9.17) is 11.6 Å². The van der Waals surface area contributed by atoms with Crippen LogP contribution < -0.4 is 9.62 Å². The Bertz CT molecular complexity index is 986. The van der Waals surface area contributed by atoms with Gasteiger partial charge in [-0.1, -0.05) is 17.7 Å². The van der Waals surface area contributed by atoms with Gasteiger partial charge in [-0.15, -0.1) is 0 Å². The Morgan fingerprint density at radius 1 is 1.19 bits per heavy atom. The quantitative estimate of drug-likeness (QED) is 0.862. The van der Waals surface area contributed by atoms with Crippen molar-refractivity contribution in [3.05, 3.63) is 53.1 Å². The summed E-state index contributed by atoms with van der Waals surface area (Å²) in [4.78, 5) is 14.5. The first kappa shape index (κ1) is 17.4. The summed E-state index contributed by atoms with van der Waals surface area (Å²) in [5.74, 6) is 0.292. The molecule has 1 saturated carbocycles. The van der Waals surface area contributed by atoms with Crippen molar-refractivity contribution >= 4 is 38.9 Å². The molecule has 1 unspecified atom stereocenters. The van der Waals surface area contributed by atoms with Crippen molar-refractivity contribution in [2.45, 2.75) is 37.1 Å². The molecule has 1 amide bonds. The lowest BCUT2D eigenvalue weighted by atomic mass is 10.1. The van der Waals surface area contributed by atoms with Crippen molar-refractivity contribution < 1.29 is 13.2 Å². The van der Waals surface area contributed by atoms with Crippen molar-refractivity contribution in [2.24, 2.45) is 5.92 Å². The zero-order valence-electron chi connectivity index (χ0n) is 14.3. The van der Waals surface area contributed by atoms with E-state index in [0.717, 1.165) is 24.1 Å². The monoisotopic (exact) mass is 390 g/mol. The number of hydrogen-bond acceptors (Lipinski definition) is 3. The maximum Gasteiger partial charge on any atom is 0.261 e. The van der Waals surface area contributed by atoms with Crippen LogP contribution in [0.1, 0.15) is 25.3 Å². The number of halogens is 1. The smallest absolute Gasteiger partial charge is 0.261 e. The molecule has 2 aliphatic rings. The molecule has 0 bridgehead atoms. The van der Waals surface area contributed by atoms with Crippen LogP contribution in [0.5, 0.6) is 0 Å². The van der Waals surface area contributed by atoms with Crippen LogP contribution in [0.3, 0.4) is 0 Å². The van der Waals surface area contributed by atoms with Crippen LogP contribution in [0.15, 0.2) is 47.4 Å². The predicted molar refractivity (Wildman–Crippen MR) is 102 cm³/mol.